The second-order valence-corrected chi connectivity index (χ2v) is 10.2. The zero-order valence-electron chi connectivity index (χ0n) is 16.4. The average Bonchev–Trinajstić information content (AvgIpc) is 3.38. The van der Waals surface area contributed by atoms with Crippen molar-refractivity contribution in [2.24, 2.45) is 0 Å². The fraction of sp³-hybridized carbons (Fsp3) is 0.125. The molecule has 0 fully saturated rings. The summed E-state index contributed by atoms with van der Waals surface area (Å²) in [6.07, 6.45) is 1.93. The van der Waals surface area contributed by atoms with Crippen LogP contribution >= 0.6 is 38.9 Å². The molecule has 0 saturated carbocycles. The van der Waals surface area contributed by atoms with E-state index in [0.29, 0.717) is 27.2 Å². The zero-order chi connectivity index (χ0) is 22.0. The first-order chi connectivity index (χ1) is 15.5. The molecule has 160 valence electrons. The molecule has 3 aromatic carbocycles. The van der Waals surface area contributed by atoms with E-state index in [1.54, 1.807) is 24.4 Å². The molecule has 0 saturated heterocycles. The number of nitrogens with zero attached hydrogens (tertiary/aromatic N) is 2. The molecule has 0 radical (unpaired) electrons. The van der Waals surface area contributed by atoms with E-state index in [1.165, 1.54) is 29.5 Å². The van der Waals surface area contributed by atoms with Gasteiger partial charge < -0.3 is 9.64 Å². The van der Waals surface area contributed by atoms with Crippen LogP contribution in [0.25, 0.3) is 10.6 Å². The van der Waals surface area contributed by atoms with Crippen LogP contribution in [0.5, 0.6) is 5.75 Å². The van der Waals surface area contributed by atoms with Gasteiger partial charge in [0.2, 0.25) is 6.23 Å². The third-order valence-electron chi connectivity index (χ3n) is 5.81. The molecule has 8 heteroatoms. The Morgan fingerprint density at radius 2 is 1.91 bits per heavy atom. The standard InChI is InChI=1S/C24H14BrClF2N2OS/c25-14-9-17(28)22-19-8-13-7-15(26)3-6-18(13)30(19)24(31-20(22)10-14)21-11-29-23(32-21)12-1-4-16(27)5-2-12/h1-7,9-11,19,24H,8H2. The minimum absolute atomic E-state index is 0.221. The van der Waals surface area contributed by atoms with Crippen LogP contribution in [0.1, 0.15) is 28.3 Å². The number of aromatic nitrogens is 1. The molecule has 0 bridgehead atoms. The number of hydrogen-bond donors (Lipinski definition) is 0. The Labute approximate surface area is 200 Å². The van der Waals surface area contributed by atoms with E-state index in [4.69, 9.17) is 16.3 Å². The highest BCUT2D eigenvalue weighted by Gasteiger charge is 2.44. The summed E-state index contributed by atoms with van der Waals surface area (Å²) < 4.78 is 35.4. The van der Waals surface area contributed by atoms with E-state index >= 15 is 4.39 Å². The van der Waals surface area contributed by atoms with Gasteiger partial charge in [-0.3, -0.25) is 0 Å². The number of anilines is 1. The van der Waals surface area contributed by atoms with Crippen molar-refractivity contribution in [3.8, 4) is 16.3 Å². The minimum Gasteiger partial charge on any atom is -0.465 e. The number of ether oxygens (including phenoxy) is 1. The van der Waals surface area contributed by atoms with Crippen LogP contribution < -0.4 is 9.64 Å². The van der Waals surface area contributed by atoms with Crippen molar-refractivity contribution in [1.82, 2.24) is 4.98 Å². The number of benzene rings is 3. The summed E-state index contributed by atoms with van der Waals surface area (Å²) in [5, 5.41) is 1.41. The number of hydrogen-bond acceptors (Lipinski definition) is 4. The molecular formula is C24H14BrClF2N2OS. The molecular weight excluding hydrogens is 518 g/mol. The number of fused-ring (bicyclic) bond motifs is 5. The van der Waals surface area contributed by atoms with E-state index in [-0.39, 0.29) is 17.7 Å². The van der Waals surface area contributed by atoms with Crippen LogP contribution in [0.2, 0.25) is 5.02 Å². The van der Waals surface area contributed by atoms with Crippen molar-refractivity contribution in [1.29, 1.82) is 0 Å². The van der Waals surface area contributed by atoms with Gasteiger partial charge in [-0.25, -0.2) is 13.8 Å². The molecule has 0 spiro atoms. The third-order valence-corrected chi connectivity index (χ3v) is 7.58. The van der Waals surface area contributed by atoms with Gasteiger partial charge in [0.1, 0.15) is 22.4 Å². The van der Waals surface area contributed by atoms with Crippen LogP contribution in [0.3, 0.4) is 0 Å². The SMILES string of the molecule is Fc1ccc(-c2ncc(C3Oc4cc(Br)cc(F)c4C4Cc5cc(Cl)ccc5N43)s2)cc1. The van der Waals surface area contributed by atoms with Gasteiger partial charge in [-0.2, -0.15) is 0 Å². The summed E-state index contributed by atoms with van der Waals surface area (Å²) >= 11 is 11.1. The van der Waals surface area contributed by atoms with E-state index < -0.39 is 6.23 Å². The van der Waals surface area contributed by atoms with Gasteiger partial charge in [-0.1, -0.05) is 27.5 Å². The second-order valence-electron chi connectivity index (χ2n) is 7.74. The van der Waals surface area contributed by atoms with E-state index in [9.17, 15) is 4.39 Å². The molecule has 2 aliphatic heterocycles. The van der Waals surface area contributed by atoms with E-state index in [0.717, 1.165) is 26.7 Å². The molecule has 0 amide bonds. The minimum atomic E-state index is -0.477. The normalized spacial score (nSPS) is 18.7. The predicted molar refractivity (Wildman–Crippen MR) is 125 cm³/mol. The molecule has 6 rings (SSSR count). The largest absolute Gasteiger partial charge is 0.465 e. The van der Waals surface area contributed by atoms with Crippen molar-refractivity contribution in [3.63, 3.8) is 0 Å². The second kappa shape index (κ2) is 7.54. The summed E-state index contributed by atoms with van der Waals surface area (Å²) in [6, 6.07) is 15.0. The van der Waals surface area contributed by atoms with Crippen molar-refractivity contribution in [3.05, 3.63) is 97.9 Å². The highest BCUT2D eigenvalue weighted by Crippen LogP contribution is 2.54. The fourth-order valence-corrected chi connectivity index (χ4v) is 6.01. The van der Waals surface area contributed by atoms with Gasteiger partial charge in [-0.05, 0) is 66.6 Å². The highest BCUT2D eigenvalue weighted by molar-refractivity contribution is 9.10. The number of halogens is 4. The van der Waals surface area contributed by atoms with Crippen molar-refractivity contribution >= 4 is 44.6 Å². The van der Waals surface area contributed by atoms with Gasteiger partial charge in [0.05, 0.1) is 16.5 Å². The Bertz CT molecular complexity index is 1360. The molecule has 2 aliphatic rings. The van der Waals surface area contributed by atoms with E-state index in [2.05, 4.69) is 25.8 Å². The predicted octanol–water partition coefficient (Wildman–Crippen LogP) is 7.70. The molecule has 3 heterocycles. The quantitative estimate of drug-likeness (QED) is 0.265. The Kier molecular flexibility index (Phi) is 4.75. The first kappa shape index (κ1) is 20.1. The van der Waals surface area contributed by atoms with Crippen molar-refractivity contribution in [2.45, 2.75) is 18.7 Å². The van der Waals surface area contributed by atoms with Crippen molar-refractivity contribution in [2.75, 3.05) is 4.90 Å². The summed E-state index contributed by atoms with van der Waals surface area (Å²) in [4.78, 5) is 7.53. The van der Waals surface area contributed by atoms with Crippen LogP contribution in [0.4, 0.5) is 14.5 Å². The lowest BCUT2D eigenvalue weighted by molar-refractivity contribution is 0.167. The smallest absolute Gasteiger partial charge is 0.210 e. The topological polar surface area (TPSA) is 25.4 Å². The Balaban J connectivity index is 1.48. The molecule has 3 nitrogen and oxygen atoms in total. The maximum atomic E-state index is 15.1. The Morgan fingerprint density at radius 1 is 1.09 bits per heavy atom. The number of thiazole rings is 1. The summed E-state index contributed by atoms with van der Waals surface area (Å²) in [7, 11) is 0. The lowest BCUT2D eigenvalue weighted by atomic mass is 9.99. The molecule has 0 N–H and O–H groups in total. The average molecular weight is 532 g/mol. The van der Waals surface area contributed by atoms with Crippen LogP contribution in [0, 0.1) is 11.6 Å². The Hall–Kier alpha value is -2.48. The third kappa shape index (κ3) is 3.22. The lowest BCUT2D eigenvalue weighted by Gasteiger charge is -2.40. The fourth-order valence-electron chi connectivity index (χ4n) is 4.46. The van der Waals surface area contributed by atoms with Gasteiger partial charge >= 0.3 is 0 Å². The summed E-state index contributed by atoms with van der Waals surface area (Å²) in [5.74, 6) is -0.0858. The molecule has 32 heavy (non-hydrogen) atoms. The van der Waals surface area contributed by atoms with E-state index in [1.807, 2.05) is 18.2 Å². The molecule has 2 atom stereocenters. The summed E-state index contributed by atoms with van der Waals surface area (Å²) in [6.45, 7) is 0. The summed E-state index contributed by atoms with van der Waals surface area (Å²) in [5.41, 5.74) is 3.39. The highest BCUT2D eigenvalue weighted by atomic mass is 79.9. The number of rotatable bonds is 2. The monoisotopic (exact) mass is 530 g/mol. The van der Waals surface area contributed by atoms with Crippen LogP contribution in [0.15, 0.2) is 65.3 Å². The molecule has 0 aliphatic carbocycles. The maximum absolute atomic E-state index is 15.1. The molecule has 2 unspecified atom stereocenters. The van der Waals surface area contributed by atoms with Crippen molar-refractivity contribution < 1.29 is 13.5 Å². The molecule has 1 aromatic heterocycles. The van der Waals surface area contributed by atoms with Gasteiger partial charge in [-0.15, -0.1) is 11.3 Å². The maximum Gasteiger partial charge on any atom is 0.210 e. The molecule has 4 aromatic rings. The lowest BCUT2D eigenvalue weighted by Crippen LogP contribution is -2.37. The van der Waals surface area contributed by atoms with Crippen LogP contribution in [-0.2, 0) is 6.42 Å². The van der Waals surface area contributed by atoms with Gasteiger partial charge in [0.25, 0.3) is 0 Å². The first-order valence-corrected chi connectivity index (χ1v) is 11.9. The zero-order valence-corrected chi connectivity index (χ0v) is 19.5. The first-order valence-electron chi connectivity index (χ1n) is 9.92. The van der Waals surface area contributed by atoms with Crippen LogP contribution in [-0.4, -0.2) is 4.98 Å². The van der Waals surface area contributed by atoms with Gasteiger partial charge in [0.15, 0.2) is 0 Å². The van der Waals surface area contributed by atoms with Gasteiger partial charge in [0, 0.05) is 26.9 Å². The Morgan fingerprint density at radius 3 is 2.72 bits per heavy atom.